The molecule has 1 saturated heterocycles. The molecule has 2 aromatic heterocycles. The van der Waals surface area contributed by atoms with E-state index in [9.17, 15) is 12.8 Å². The molecule has 8 nitrogen and oxygen atoms in total. The van der Waals surface area contributed by atoms with Crippen LogP contribution < -0.4 is 0 Å². The van der Waals surface area contributed by atoms with Gasteiger partial charge in [-0.05, 0) is 49.2 Å². The molecule has 10 heteroatoms. The van der Waals surface area contributed by atoms with E-state index in [2.05, 4.69) is 15.2 Å². The van der Waals surface area contributed by atoms with E-state index >= 15 is 0 Å². The van der Waals surface area contributed by atoms with Crippen LogP contribution in [0.5, 0.6) is 0 Å². The lowest BCUT2D eigenvalue weighted by atomic mass is 10.00. The first-order valence-electron chi connectivity index (χ1n) is 10.2. The normalized spacial score (nSPS) is 17.5. The highest BCUT2D eigenvalue weighted by Crippen LogP contribution is 2.30. The van der Waals surface area contributed by atoms with E-state index in [4.69, 9.17) is 4.52 Å². The van der Waals surface area contributed by atoms with Crippen LogP contribution in [0.25, 0.3) is 17.1 Å². The van der Waals surface area contributed by atoms with Crippen LogP contribution in [-0.4, -0.2) is 45.7 Å². The second kappa shape index (κ2) is 8.29. The maximum absolute atomic E-state index is 13.2. The molecule has 0 N–H and O–H groups in total. The lowest BCUT2D eigenvalue weighted by molar-refractivity contribution is 0.265. The van der Waals surface area contributed by atoms with Crippen molar-refractivity contribution in [1.29, 1.82) is 0 Å². The molecule has 1 aliphatic rings. The minimum Gasteiger partial charge on any atom is -0.339 e. The summed E-state index contributed by atoms with van der Waals surface area (Å²) in [5.74, 6) is 0.166. The fourth-order valence-electron chi connectivity index (χ4n) is 3.79. The number of para-hydroxylation sites is 1. The van der Waals surface area contributed by atoms with Gasteiger partial charge >= 0.3 is 0 Å². The Morgan fingerprint density at radius 2 is 1.84 bits per heavy atom. The van der Waals surface area contributed by atoms with Gasteiger partial charge in [-0.2, -0.15) is 14.4 Å². The minimum absolute atomic E-state index is 0.138. The Bertz CT molecular complexity index is 1320. The van der Waals surface area contributed by atoms with E-state index in [1.807, 2.05) is 30.3 Å². The third kappa shape index (κ3) is 3.94. The molecular formula is C22H20FN5O3S. The molecule has 0 radical (unpaired) electrons. The quantitative estimate of drug-likeness (QED) is 0.458. The molecular weight excluding hydrogens is 433 g/mol. The first-order chi connectivity index (χ1) is 15.5. The molecule has 1 aliphatic heterocycles. The Morgan fingerprint density at radius 1 is 1.06 bits per heavy atom. The Balaban J connectivity index is 1.35. The fraction of sp³-hybridized carbons (Fsp3) is 0.227. The molecule has 1 unspecified atom stereocenters. The lowest BCUT2D eigenvalue weighted by Gasteiger charge is -2.29. The van der Waals surface area contributed by atoms with Gasteiger partial charge in [-0.15, -0.1) is 0 Å². The van der Waals surface area contributed by atoms with Gasteiger partial charge < -0.3 is 4.52 Å². The highest BCUT2D eigenvalue weighted by atomic mass is 32.2. The summed E-state index contributed by atoms with van der Waals surface area (Å²) in [6.07, 6.45) is 4.30. The summed E-state index contributed by atoms with van der Waals surface area (Å²) in [7, 11) is -3.72. The second-order valence-electron chi connectivity index (χ2n) is 7.62. The van der Waals surface area contributed by atoms with Crippen LogP contribution in [0.4, 0.5) is 4.39 Å². The van der Waals surface area contributed by atoms with Crippen LogP contribution in [0, 0.1) is 5.82 Å². The Labute approximate surface area is 184 Å². The minimum atomic E-state index is -3.72. The smallest absolute Gasteiger partial charge is 0.246 e. The maximum Gasteiger partial charge on any atom is 0.246 e. The fourth-order valence-corrected chi connectivity index (χ4v) is 5.25. The predicted molar refractivity (Wildman–Crippen MR) is 114 cm³/mol. The summed E-state index contributed by atoms with van der Waals surface area (Å²) >= 11 is 0. The molecule has 32 heavy (non-hydrogen) atoms. The molecule has 0 spiro atoms. The average Bonchev–Trinajstić information content (AvgIpc) is 3.51. The van der Waals surface area contributed by atoms with Gasteiger partial charge in [0.05, 0.1) is 24.0 Å². The van der Waals surface area contributed by atoms with Crippen molar-refractivity contribution in [3.05, 3.63) is 78.7 Å². The summed E-state index contributed by atoms with van der Waals surface area (Å²) in [4.78, 5) is 4.57. The van der Waals surface area contributed by atoms with Gasteiger partial charge in [0.2, 0.25) is 21.7 Å². The van der Waals surface area contributed by atoms with Crippen molar-refractivity contribution in [2.45, 2.75) is 23.7 Å². The van der Waals surface area contributed by atoms with Crippen molar-refractivity contribution < 1.29 is 17.3 Å². The SMILES string of the molecule is O=S(=O)(c1cnn(-c2ccccc2)c1)N1CCCC(c2nc(-c3ccc(F)cc3)no2)C1. The van der Waals surface area contributed by atoms with Crippen molar-refractivity contribution in [3.8, 4) is 17.1 Å². The number of halogens is 1. The van der Waals surface area contributed by atoms with Crippen molar-refractivity contribution in [2.75, 3.05) is 13.1 Å². The Morgan fingerprint density at radius 3 is 2.62 bits per heavy atom. The summed E-state index contributed by atoms with van der Waals surface area (Å²) in [5.41, 5.74) is 1.42. The van der Waals surface area contributed by atoms with Crippen molar-refractivity contribution in [3.63, 3.8) is 0 Å². The zero-order chi connectivity index (χ0) is 22.1. The summed E-state index contributed by atoms with van der Waals surface area (Å²) in [6.45, 7) is 0.651. The van der Waals surface area contributed by atoms with Crippen LogP contribution in [0.2, 0.25) is 0 Å². The average molecular weight is 453 g/mol. The zero-order valence-electron chi connectivity index (χ0n) is 17.0. The molecule has 0 amide bonds. The number of hydrogen-bond acceptors (Lipinski definition) is 6. The molecule has 0 saturated carbocycles. The van der Waals surface area contributed by atoms with Gasteiger partial charge in [0.15, 0.2) is 0 Å². The predicted octanol–water partition coefficient (Wildman–Crippen LogP) is 3.63. The molecule has 5 rings (SSSR count). The van der Waals surface area contributed by atoms with Crippen LogP contribution >= 0.6 is 0 Å². The summed E-state index contributed by atoms with van der Waals surface area (Å²) in [5, 5.41) is 8.19. The lowest BCUT2D eigenvalue weighted by Crippen LogP contribution is -2.39. The topological polar surface area (TPSA) is 94.1 Å². The number of aromatic nitrogens is 4. The molecule has 3 heterocycles. The van der Waals surface area contributed by atoms with Gasteiger partial charge in [0.1, 0.15) is 10.7 Å². The Kier molecular flexibility index (Phi) is 5.32. The highest BCUT2D eigenvalue weighted by molar-refractivity contribution is 7.89. The van der Waals surface area contributed by atoms with Crippen LogP contribution in [-0.2, 0) is 10.0 Å². The summed E-state index contributed by atoms with van der Waals surface area (Å²) < 4.78 is 48.0. The van der Waals surface area contributed by atoms with Crippen LogP contribution in [0.1, 0.15) is 24.7 Å². The number of benzene rings is 2. The van der Waals surface area contributed by atoms with Crippen molar-refractivity contribution in [1.82, 2.24) is 24.2 Å². The molecule has 164 valence electrons. The van der Waals surface area contributed by atoms with Crippen molar-refractivity contribution >= 4 is 10.0 Å². The second-order valence-corrected chi connectivity index (χ2v) is 9.56. The third-order valence-corrected chi connectivity index (χ3v) is 7.31. The van der Waals surface area contributed by atoms with Gasteiger partial charge in [-0.25, -0.2) is 17.5 Å². The number of rotatable bonds is 5. The first kappa shape index (κ1) is 20.5. The molecule has 1 atom stereocenters. The molecule has 4 aromatic rings. The number of nitrogens with zero attached hydrogens (tertiary/aromatic N) is 5. The van der Waals surface area contributed by atoms with E-state index in [0.717, 1.165) is 12.1 Å². The monoisotopic (exact) mass is 453 g/mol. The summed E-state index contributed by atoms with van der Waals surface area (Å²) in [6, 6.07) is 15.1. The standard InChI is InChI=1S/C22H20FN5O3S/c23-18-10-8-16(9-11-18)21-25-22(31-26-21)17-5-4-12-27(14-17)32(29,30)20-13-24-28(15-20)19-6-2-1-3-7-19/h1-3,6-11,13,15,17H,4-5,12,14H2. The Hall–Kier alpha value is -3.37. The van der Waals surface area contributed by atoms with Gasteiger partial charge in [0.25, 0.3) is 0 Å². The van der Waals surface area contributed by atoms with Crippen LogP contribution in [0.15, 0.2) is 76.4 Å². The van der Waals surface area contributed by atoms with E-state index in [0.29, 0.717) is 30.2 Å². The third-order valence-electron chi connectivity index (χ3n) is 5.49. The first-order valence-corrected chi connectivity index (χ1v) is 11.6. The maximum atomic E-state index is 13.2. The van der Waals surface area contributed by atoms with Crippen LogP contribution in [0.3, 0.4) is 0 Å². The molecule has 1 fully saturated rings. The number of hydrogen-bond donors (Lipinski definition) is 0. The van der Waals surface area contributed by atoms with E-state index in [1.165, 1.54) is 28.8 Å². The van der Waals surface area contributed by atoms with E-state index < -0.39 is 10.0 Å². The van der Waals surface area contributed by atoms with Gasteiger partial charge in [0, 0.05) is 18.7 Å². The van der Waals surface area contributed by atoms with E-state index in [-0.39, 0.29) is 23.2 Å². The highest BCUT2D eigenvalue weighted by Gasteiger charge is 2.34. The van der Waals surface area contributed by atoms with Crippen molar-refractivity contribution in [2.24, 2.45) is 0 Å². The zero-order valence-corrected chi connectivity index (χ0v) is 17.8. The number of sulfonamides is 1. The van der Waals surface area contributed by atoms with E-state index in [1.54, 1.807) is 16.8 Å². The van der Waals surface area contributed by atoms with Gasteiger partial charge in [-0.3, -0.25) is 0 Å². The number of piperidine rings is 1. The molecule has 2 aromatic carbocycles. The largest absolute Gasteiger partial charge is 0.339 e. The van der Waals surface area contributed by atoms with Gasteiger partial charge in [-0.1, -0.05) is 23.4 Å². The molecule has 0 aliphatic carbocycles. The molecule has 0 bridgehead atoms.